The molecular formula is C14H17N3O. The Morgan fingerprint density at radius 1 is 1.22 bits per heavy atom. The number of nitrogens with zero attached hydrogens (tertiary/aromatic N) is 2. The van der Waals surface area contributed by atoms with Crippen LogP contribution in [-0.4, -0.2) is 9.97 Å². The van der Waals surface area contributed by atoms with Crippen molar-refractivity contribution in [3.63, 3.8) is 0 Å². The maximum atomic E-state index is 5.74. The molecule has 0 aliphatic carbocycles. The second-order valence-electron chi connectivity index (χ2n) is 4.34. The second-order valence-corrected chi connectivity index (χ2v) is 4.34. The van der Waals surface area contributed by atoms with Crippen molar-refractivity contribution in [2.75, 3.05) is 0 Å². The molecule has 0 bridgehead atoms. The van der Waals surface area contributed by atoms with Crippen molar-refractivity contribution >= 4 is 0 Å². The van der Waals surface area contributed by atoms with Crippen LogP contribution in [0.5, 0.6) is 11.8 Å². The Labute approximate surface area is 107 Å². The SMILES string of the molecule is Cc1cc(C)c(C)c(Oc2nccc(CN)n2)c1. The van der Waals surface area contributed by atoms with E-state index in [0.717, 1.165) is 22.6 Å². The zero-order valence-corrected chi connectivity index (χ0v) is 10.9. The van der Waals surface area contributed by atoms with Crippen molar-refractivity contribution in [2.24, 2.45) is 5.73 Å². The first-order valence-electron chi connectivity index (χ1n) is 5.88. The molecule has 1 aromatic carbocycles. The van der Waals surface area contributed by atoms with Crippen LogP contribution in [0.2, 0.25) is 0 Å². The standard InChI is InChI=1S/C14H17N3O/c1-9-6-10(2)11(3)13(7-9)18-14-16-5-4-12(8-15)17-14/h4-7H,8,15H2,1-3H3. The summed E-state index contributed by atoms with van der Waals surface area (Å²) in [4.78, 5) is 8.32. The molecule has 0 saturated heterocycles. The highest BCUT2D eigenvalue weighted by Crippen LogP contribution is 2.26. The number of aryl methyl sites for hydroxylation is 2. The third-order valence-corrected chi connectivity index (χ3v) is 2.87. The summed E-state index contributed by atoms with van der Waals surface area (Å²) in [6, 6.07) is 6.23. The average molecular weight is 243 g/mol. The van der Waals surface area contributed by atoms with E-state index in [0.29, 0.717) is 12.6 Å². The molecule has 0 aliphatic rings. The smallest absolute Gasteiger partial charge is 0.322 e. The van der Waals surface area contributed by atoms with E-state index in [1.807, 2.05) is 19.9 Å². The molecule has 0 amide bonds. The lowest BCUT2D eigenvalue weighted by Gasteiger charge is -2.10. The fourth-order valence-corrected chi connectivity index (χ4v) is 1.74. The van der Waals surface area contributed by atoms with E-state index < -0.39 is 0 Å². The first-order chi connectivity index (χ1) is 8.60. The van der Waals surface area contributed by atoms with Crippen molar-refractivity contribution in [3.8, 4) is 11.8 Å². The van der Waals surface area contributed by atoms with Gasteiger partial charge in [0.2, 0.25) is 0 Å². The van der Waals surface area contributed by atoms with Gasteiger partial charge in [0.05, 0.1) is 5.69 Å². The van der Waals surface area contributed by atoms with Crippen LogP contribution in [0.3, 0.4) is 0 Å². The Balaban J connectivity index is 2.33. The molecule has 0 unspecified atom stereocenters. The minimum absolute atomic E-state index is 0.339. The summed E-state index contributed by atoms with van der Waals surface area (Å²) in [5, 5.41) is 0. The van der Waals surface area contributed by atoms with Gasteiger partial charge >= 0.3 is 6.01 Å². The van der Waals surface area contributed by atoms with Gasteiger partial charge in [-0.15, -0.1) is 0 Å². The molecule has 18 heavy (non-hydrogen) atoms. The third-order valence-electron chi connectivity index (χ3n) is 2.87. The summed E-state index contributed by atoms with van der Waals surface area (Å²) in [5.41, 5.74) is 9.76. The van der Waals surface area contributed by atoms with E-state index >= 15 is 0 Å². The minimum Gasteiger partial charge on any atom is -0.424 e. The van der Waals surface area contributed by atoms with Gasteiger partial charge in [-0.3, -0.25) is 0 Å². The Morgan fingerprint density at radius 2 is 2.00 bits per heavy atom. The zero-order chi connectivity index (χ0) is 13.1. The summed E-state index contributed by atoms with van der Waals surface area (Å²) in [6.45, 7) is 6.50. The molecule has 2 rings (SSSR count). The molecule has 2 aromatic rings. The molecule has 0 atom stereocenters. The molecule has 4 heteroatoms. The van der Waals surface area contributed by atoms with Crippen molar-refractivity contribution in [1.82, 2.24) is 9.97 Å². The van der Waals surface area contributed by atoms with Gasteiger partial charge in [-0.25, -0.2) is 4.98 Å². The predicted molar refractivity (Wildman–Crippen MR) is 70.7 cm³/mol. The molecule has 2 N–H and O–H groups in total. The lowest BCUT2D eigenvalue weighted by molar-refractivity contribution is 0.435. The first kappa shape index (κ1) is 12.5. The normalized spacial score (nSPS) is 10.4. The fraction of sp³-hybridized carbons (Fsp3) is 0.286. The van der Waals surface area contributed by atoms with Crippen LogP contribution in [0.4, 0.5) is 0 Å². The third kappa shape index (κ3) is 2.65. The second kappa shape index (κ2) is 5.14. The highest BCUT2D eigenvalue weighted by Gasteiger charge is 2.07. The Hall–Kier alpha value is -1.94. The maximum absolute atomic E-state index is 5.74. The van der Waals surface area contributed by atoms with Gasteiger partial charge < -0.3 is 10.5 Å². The Kier molecular flexibility index (Phi) is 3.58. The molecule has 0 radical (unpaired) electrons. The van der Waals surface area contributed by atoms with Gasteiger partial charge in [-0.2, -0.15) is 4.98 Å². The van der Waals surface area contributed by atoms with Crippen LogP contribution >= 0.6 is 0 Å². The molecule has 1 aromatic heterocycles. The lowest BCUT2D eigenvalue weighted by atomic mass is 10.1. The van der Waals surface area contributed by atoms with Crippen LogP contribution in [0.25, 0.3) is 0 Å². The van der Waals surface area contributed by atoms with Gasteiger partial charge in [0, 0.05) is 12.7 Å². The topological polar surface area (TPSA) is 61.0 Å². The van der Waals surface area contributed by atoms with E-state index in [4.69, 9.17) is 10.5 Å². The van der Waals surface area contributed by atoms with Gasteiger partial charge in [0.25, 0.3) is 0 Å². The molecule has 1 heterocycles. The van der Waals surface area contributed by atoms with Gasteiger partial charge in [0.15, 0.2) is 0 Å². The van der Waals surface area contributed by atoms with E-state index in [1.165, 1.54) is 5.56 Å². The number of ether oxygens (including phenoxy) is 1. The van der Waals surface area contributed by atoms with Crippen molar-refractivity contribution in [2.45, 2.75) is 27.3 Å². The summed E-state index contributed by atoms with van der Waals surface area (Å²) < 4.78 is 5.74. The molecular weight excluding hydrogens is 226 g/mol. The summed E-state index contributed by atoms with van der Waals surface area (Å²) in [7, 11) is 0. The van der Waals surface area contributed by atoms with Crippen LogP contribution in [0, 0.1) is 20.8 Å². The molecule has 4 nitrogen and oxygen atoms in total. The largest absolute Gasteiger partial charge is 0.424 e. The van der Waals surface area contributed by atoms with Gasteiger partial charge in [-0.05, 0) is 49.6 Å². The minimum atomic E-state index is 0.339. The first-order valence-corrected chi connectivity index (χ1v) is 5.88. The Bertz CT molecular complexity index is 567. The number of benzene rings is 1. The lowest BCUT2D eigenvalue weighted by Crippen LogP contribution is -2.02. The van der Waals surface area contributed by atoms with E-state index in [-0.39, 0.29) is 0 Å². The quantitative estimate of drug-likeness (QED) is 0.900. The Morgan fingerprint density at radius 3 is 2.72 bits per heavy atom. The van der Waals surface area contributed by atoms with Crippen molar-refractivity contribution < 1.29 is 4.74 Å². The molecule has 94 valence electrons. The number of hydrogen-bond acceptors (Lipinski definition) is 4. The predicted octanol–water partition coefficient (Wildman–Crippen LogP) is 2.65. The summed E-state index contributed by atoms with van der Waals surface area (Å²) >= 11 is 0. The monoisotopic (exact) mass is 243 g/mol. The van der Waals surface area contributed by atoms with E-state index in [2.05, 4.69) is 23.0 Å². The number of hydrogen-bond donors (Lipinski definition) is 1. The molecule has 0 aliphatic heterocycles. The summed E-state index contributed by atoms with van der Waals surface area (Å²) in [6.07, 6.45) is 1.66. The van der Waals surface area contributed by atoms with Crippen LogP contribution in [0.15, 0.2) is 24.4 Å². The van der Waals surface area contributed by atoms with Gasteiger partial charge in [-0.1, -0.05) is 6.07 Å². The van der Waals surface area contributed by atoms with Crippen molar-refractivity contribution in [3.05, 3.63) is 46.8 Å². The molecule has 0 saturated carbocycles. The van der Waals surface area contributed by atoms with E-state index in [9.17, 15) is 0 Å². The zero-order valence-electron chi connectivity index (χ0n) is 10.9. The molecule has 0 fully saturated rings. The number of nitrogens with two attached hydrogens (primary N) is 1. The highest BCUT2D eigenvalue weighted by atomic mass is 16.5. The highest BCUT2D eigenvalue weighted by molar-refractivity contribution is 5.43. The number of aromatic nitrogens is 2. The van der Waals surface area contributed by atoms with Crippen molar-refractivity contribution in [1.29, 1.82) is 0 Å². The van der Waals surface area contributed by atoms with Crippen LogP contribution in [-0.2, 0) is 6.54 Å². The maximum Gasteiger partial charge on any atom is 0.322 e. The average Bonchev–Trinajstić information content (AvgIpc) is 2.35. The van der Waals surface area contributed by atoms with Gasteiger partial charge in [0.1, 0.15) is 5.75 Å². The van der Waals surface area contributed by atoms with E-state index in [1.54, 1.807) is 12.3 Å². The fourth-order valence-electron chi connectivity index (χ4n) is 1.74. The summed E-state index contributed by atoms with van der Waals surface area (Å²) in [5.74, 6) is 0.793. The van der Waals surface area contributed by atoms with Crippen LogP contribution in [0.1, 0.15) is 22.4 Å². The number of rotatable bonds is 3. The van der Waals surface area contributed by atoms with Crippen LogP contribution < -0.4 is 10.5 Å². The molecule has 0 spiro atoms.